The van der Waals surface area contributed by atoms with Crippen molar-refractivity contribution in [1.29, 1.82) is 0 Å². The third-order valence-corrected chi connectivity index (χ3v) is 5.40. The number of fused-ring (bicyclic) bond motifs is 1. The molecular formula is C21H27BrN2O2. The Morgan fingerprint density at radius 2 is 1.62 bits per heavy atom. The van der Waals surface area contributed by atoms with Gasteiger partial charge in [0.1, 0.15) is 5.60 Å². The van der Waals surface area contributed by atoms with Gasteiger partial charge in [-0.15, -0.1) is 0 Å². The normalized spacial score (nSPS) is 21.2. The highest BCUT2D eigenvalue weighted by Gasteiger charge is 2.36. The fourth-order valence-corrected chi connectivity index (χ4v) is 4.19. The van der Waals surface area contributed by atoms with Crippen LogP contribution >= 0.6 is 15.9 Å². The maximum absolute atomic E-state index is 12.6. The summed E-state index contributed by atoms with van der Waals surface area (Å²) in [7, 11) is 0. The molecule has 1 heterocycles. The lowest BCUT2D eigenvalue weighted by Gasteiger charge is -2.45. The van der Waals surface area contributed by atoms with Gasteiger partial charge in [0.05, 0.1) is 12.1 Å². The summed E-state index contributed by atoms with van der Waals surface area (Å²) < 4.78 is 6.71. The van der Waals surface area contributed by atoms with E-state index in [4.69, 9.17) is 4.74 Å². The second-order valence-corrected chi connectivity index (χ2v) is 8.96. The zero-order valence-electron chi connectivity index (χ0n) is 16.1. The highest BCUT2D eigenvalue weighted by atomic mass is 79.9. The minimum Gasteiger partial charge on any atom is -0.444 e. The molecule has 5 heteroatoms. The quantitative estimate of drug-likeness (QED) is 0.618. The Kier molecular flexibility index (Phi) is 5.20. The van der Waals surface area contributed by atoms with E-state index in [1.165, 1.54) is 16.5 Å². The first-order chi connectivity index (χ1) is 12.2. The average molecular weight is 419 g/mol. The van der Waals surface area contributed by atoms with Gasteiger partial charge in [0.25, 0.3) is 0 Å². The molecule has 26 heavy (non-hydrogen) atoms. The minimum absolute atomic E-state index is 0.0796. The highest BCUT2D eigenvalue weighted by Crippen LogP contribution is 2.34. The van der Waals surface area contributed by atoms with Crippen molar-refractivity contribution in [3.63, 3.8) is 0 Å². The first kappa shape index (κ1) is 19.0. The van der Waals surface area contributed by atoms with Crippen LogP contribution in [0.1, 0.15) is 34.6 Å². The van der Waals surface area contributed by atoms with Crippen LogP contribution in [0.3, 0.4) is 0 Å². The van der Waals surface area contributed by atoms with Crippen LogP contribution in [0.4, 0.5) is 10.5 Å². The van der Waals surface area contributed by atoms with Crippen LogP contribution in [0.15, 0.2) is 40.9 Å². The van der Waals surface area contributed by atoms with Crippen molar-refractivity contribution in [3.05, 3.63) is 40.9 Å². The molecular weight excluding hydrogens is 392 g/mol. The number of amides is 1. The van der Waals surface area contributed by atoms with Gasteiger partial charge in [0.15, 0.2) is 0 Å². The number of nitrogens with zero attached hydrogens (tertiary/aromatic N) is 2. The van der Waals surface area contributed by atoms with Gasteiger partial charge < -0.3 is 9.64 Å². The molecule has 0 aliphatic carbocycles. The summed E-state index contributed by atoms with van der Waals surface area (Å²) in [4.78, 5) is 16.9. The summed E-state index contributed by atoms with van der Waals surface area (Å²) in [5.74, 6) is 0. The topological polar surface area (TPSA) is 32.8 Å². The van der Waals surface area contributed by atoms with Crippen LogP contribution in [0.25, 0.3) is 10.8 Å². The van der Waals surface area contributed by atoms with Crippen LogP contribution in [0.5, 0.6) is 0 Å². The molecule has 1 aliphatic heterocycles. The van der Waals surface area contributed by atoms with Gasteiger partial charge in [-0.05, 0) is 52.1 Å². The monoisotopic (exact) mass is 418 g/mol. The molecule has 0 radical (unpaired) electrons. The molecule has 2 aromatic carbocycles. The molecule has 1 aliphatic rings. The molecule has 1 amide bonds. The number of ether oxygens (including phenoxy) is 1. The van der Waals surface area contributed by atoms with E-state index in [9.17, 15) is 4.79 Å². The smallest absolute Gasteiger partial charge is 0.410 e. The number of hydrogen-bond acceptors (Lipinski definition) is 3. The number of halogens is 1. The highest BCUT2D eigenvalue weighted by molar-refractivity contribution is 9.10. The number of rotatable bonds is 1. The number of anilines is 1. The Labute approximate surface area is 164 Å². The Morgan fingerprint density at radius 1 is 1.04 bits per heavy atom. The lowest BCUT2D eigenvalue weighted by Crippen LogP contribution is -2.59. The van der Waals surface area contributed by atoms with Crippen LogP contribution in [0, 0.1) is 0 Å². The van der Waals surface area contributed by atoms with Crippen LogP contribution in [0.2, 0.25) is 0 Å². The molecule has 0 spiro atoms. The summed E-state index contributed by atoms with van der Waals surface area (Å²) in [5, 5.41) is 2.44. The second kappa shape index (κ2) is 7.10. The lowest BCUT2D eigenvalue weighted by molar-refractivity contribution is 0.00568. The number of benzene rings is 2. The van der Waals surface area contributed by atoms with E-state index in [1.54, 1.807) is 0 Å². The van der Waals surface area contributed by atoms with Gasteiger partial charge in [0, 0.05) is 28.6 Å². The van der Waals surface area contributed by atoms with E-state index in [0.29, 0.717) is 0 Å². The molecule has 0 aromatic heterocycles. The standard InChI is InChI=1S/C21H27BrN2O2/c1-14-12-23(13-15(2)24(14)20(25)26-21(3,4)5)19-11-10-18(22)16-8-6-7-9-17(16)19/h6-11,14-15H,12-13H2,1-5H3/t14-,15+. The van der Waals surface area contributed by atoms with Crippen molar-refractivity contribution in [2.24, 2.45) is 0 Å². The minimum atomic E-state index is -0.477. The summed E-state index contributed by atoms with van der Waals surface area (Å²) in [6.07, 6.45) is -0.224. The largest absolute Gasteiger partial charge is 0.444 e. The second-order valence-electron chi connectivity index (χ2n) is 8.10. The molecule has 1 fully saturated rings. The Bertz CT molecular complexity index is 803. The van der Waals surface area contributed by atoms with E-state index in [0.717, 1.165) is 17.6 Å². The van der Waals surface area contributed by atoms with E-state index in [1.807, 2.05) is 25.7 Å². The third-order valence-electron chi connectivity index (χ3n) is 4.71. The lowest BCUT2D eigenvalue weighted by atomic mass is 10.0. The summed E-state index contributed by atoms with van der Waals surface area (Å²) >= 11 is 3.65. The fourth-order valence-electron chi connectivity index (χ4n) is 3.72. The van der Waals surface area contributed by atoms with Gasteiger partial charge in [-0.2, -0.15) is 0 Å². The molecule has 140 valence electrons. The van der Waals surface area contributed by atoms with Crippen molar-refractivity contribution >= 4 is 38.5 Å². The fraction of sp³-hybridized carbons (Fsp3) is 0.476. The predicted octanol–water partition coefficient (Wildman–Crippen LogP) is 5.44. The molecule has 4 nitrogen and oxygen atoms in total. The Hall–Kier alpha value is -1.75. The van der Waals surface area contributed by atoms with E-state index in [-0.39, 0.29) is 18.2 Å². The number of carbonyl (C=O) groups is 1. The van der Waals surface area contributed by atoms with Crippen molar-refractivity contribution < 1.29 is 9.53 Å². The SMILES string of the molecule is C[C@@H]1CN(c2ccc(Br)c3ccccc23)C[C@H](C)N1C(=O)OC(C)(C)C. The van der Waals surface area contributed by atoms with Gasteiger partial charge >= 0.3 is 6.09 Å². The van der Waals surface area contributed by atoms with Crippen LogP contribution in [-0.4, -0.2) is 41.8 Å². The van der Waals surface area contributed by atoms with Gasteiger partial charge in [-0.1, -0.05) is 40.2 Å². The van der Waals surface area contributed by atoms with Crippen molar-refractivity contribution in [3.8, 4) is 0 Å². The maximum Gasteiger partial charge on any atom is 0.410 e. The summed E-state index contributed by atoms with van der Waals surface area (Å²) in [6, 6.07) is 12.8. The number of hydrogen-bond donors (Lipinski definition) is 0. The molecule has 0 unspecified atom stereocenters. The molecule has 0 N–H and O–H groups in total. The number of carbonyl (C=O) groups excluding carboxylic acids is 1. The van der Waals surface area contributed by atoms with Gasteiger partial charge in [0.2, 0.25) is 0 Å². The summed E-state index contributed by atoms with van der Waals surface area (Å²) in [5.41, 5.74) is 0.738. The van der Waals surface area contributed by atoms with E-state index >= 15 is 0 Å². The first-order valence-electron chi connectivity index (χ1n) is 9.11. The van der Waals surface area contributed by atoms with Gasteiger partial charge in [-0.25, -0.2) is 4.79 Å². The Balaban J connectivity index is 1.86. The summed E-state index contributed by atoms with van der Waals surface area (Å²) in [6.45, 7) is 11.5. The molecule has 0 saturated carbocycles. The zero-order chi connectivity index (χ0) is 19.1. The van der Waals surface area contributed by atoms with Crippen molar-refractivity contribution in [2.75, 3.05) is 18.0 Å². The zero-order valence-corrected chi connectivity index (χ0v) is 17.7. The molecule has 3 rings (SSSR count). The molecule has 0 bridgehead atoms. The Morgan fingerprint density at radius 3 is 2.19 bits per heavy atom. The van der Waals surface area contributed by atoms with Crippen LogP contribution < -0.4 is 4.90 Å². The third kappa shape index (κ3) is 3.83. The van der Waals surface area contributed by atoms with Crippen molar-refractivity contribution in [1.82, 2.24) is 4.90 Å². The van der Waals surface area contributed by atoms with Crippen molar-refractivity contribution in [2.45, 2.75) is 52.3 Å². The predicted molar refractivity (Wildman–Crippen MR) is 111 cm³/mol. The molecule has 2 aromatic rings. The van der Waals surface area contributed by atoms with Crippen LogP contribution in [-0.2, 0) is 4.74 Å². The average Bonchev–Trinajstić information content (AvgIpc) is 2.53. The molecule has 2 atom stereocenters. The number of piperazine rings is 1. The first-order valence-corrected chi connectivity index (χ1v) is 9.90. The van der Waals surface area contributed by atoms with E-state index < -0.39 is 5.60 Å². The maximum atomic E-state index is 12.6. The van der Waals surface area contributed by atoms with Gasteiger partial charge in [-0.3, -0.25) is 4.90 Å². The van der Waals surface area contributed by atoms with E-state index in [2.05, 4.69) is 71.1 Å². The molecule has 1 saturated heterocycles.